The van der Waals surface area contributed by atoms with Crippen molar-refractivity contribution >= 4 is 28.5 Å². The van der Waals surface area contributed by atoms with Gasteiger partial charge in [-0.15, -0.1) is 0 Å². The largest absolute Gasteiger partial charge is 0.478 e. The van der Waals surface area contributed by atoms with Crippen LogP contribution in [0, 0.1) is 6.92 Å². The van der Waals surface area contributed by atoms with Crippen molar-refractivity contribution < 1.29 is 9.90 Å². The van der Waals surface area contributed by atoms with Gasteiger partial charge in [-0.3, -0.25) is 0 Å². The topological polar surface area (TPSA) is 42.2 Å². The van der Waals surface area contributed by atoms with Crippen molar-refractivity contribution in [1.82, 2.24) is 4.57 Å². The molecule has 4 heteroatoms. The van der Waals surface area contributed by atoms with Crippen LogP contribution in [-0.2, 0) is 6.54 Å². The summed E-state index contributed by atoms with van der Waals surface area (Å²) in [7, 11) is 0. The number of carboxylic acid groups (broad SMARTS) is 1. The van der Waals surface area contributed by atoms with Gasteiger partial charge in [-0.25, -0.2) is 4.79 Å². The lowest BCUT2D eigenvalue weighted by Gasteiger charge is -2.09. The van der Waals surface area contributed by atoms with Gasteiger partial charge in [0.2, 0.25) is 0 Å². The first-order valence-electron chi connectivity index (χ1n) is 7.14. The van der Waals surface area contributed by atoms with Gasteiger partial charge in [0.15, 0.2) is 0 Å². The van der Waals surface area contributed by atoms with Crippen LogP contribution in [0.15, 0.2) is 42.5 Å². The number of aromatic nitrogens is 1. The zero-order valence-electron chi connectivity index (χ0n) is 12.4. The van der Waals surface area contributed by atoms with E-state index in [-0.39, 0.29) is 0 Å². The Hall–Kier alpha value is -2.26. The Morgan fingerprint density at radius 1 is 1.18 bits per heavy atom. The maximum Gasteiger partial charge on any atom is 0.335 e. The normalized spacial score (nSPS) is 11.0. The molecule has 0 amide bonds. The Labute approximate surface area is 133 Å². The SMILES string of the molecule is CCn1c(-c2ccc(Cl)cc2)cc2cc(C(=O)O)c(C)cc21. The average molecular weight is 314 g/mol. The van der Waals surface area contributed by atoms with Crippen molar-refractivity contribution in [3.05, 3.63) is 58.6 Å². The molecule has 1 heterocycles. The first-order chi connectivity index (χ1) is 10.5. The van der Waals surface area contributed by atoms with Crippen LogP contribution in [0.2, 0.25) is 5.02 Å². The van der Waals surface area contributed by atoms with Crippen LogP contribution in [0.3, 0.4) is 0 Å². The maximum absolute atomic E-state index is 11.3. The number of carboxylic acids is 1. The lowest BCUT2D eigenvalue weighted by Crippen LogP contribution is -2.01. The van der Waals surface area contributed by atoms with E-state index in [1.54, 1.807) is 6.07 Å². The van der Waals surface area contributed by atoms with Crippen molar-refractivity contribution in [3.8, 4) is 11.3 Å². The minimum absolute atomic E-state index is 0.350. The summed E-state index contributed by atoms with van der Waals surface area (Å²) in [4.78, 5) is 11.3. The quantitative estimate of drug-likeness (QED) is 0.740. The fraction of sp³-hybridized carbons (Fsp3) is 0.167. The number of aryl methyl sites for hydroxylation is 2. The third-order valence-electron chi connectivity index (χ3n) is 3.93. The Morgan fingerprint density at radius 2 is 1.86 bits per heavy atom. The number of halogens is 1. The van der Waals surface area contributed by atoms with E-state index in [1.165, 1.54) is 0 Å². The second kappa shape index (κ2) is 5.50. The van der Waals surface area contributed by atoms with Gasteiger partial charge in [-0.2, -0.15) is 0 Å². The summed E-state index contributed by atoms with van der Waals surface area (Å²) in [5, 5.41) is 10.9. The minimum atomic E-state index is -0.892. The molecule has 3 nitrogen and oxygen atoms in total. The highest BCUT2D eigenvalue weighted by Crippen LogP contribution is 2.31. The van der Waals surface area contributed by atoms with Gasteiger partial charge >= 0.3 is 5.97 Å². The van der Waals surface area contributed by atoms with E-state index >= 15 is 0 Å². The molecule has 0 atom stereocenters. The standard InChI is InChI=1S/C18H16ClNO2/c1-3-20-16-8-11(2)15(18(21)22)9-13(16)10-17(20)12-4-6-14(19)7-5-12/h4-10H,3H2,1-2H3,(H,21,22). The first kappa shape index (κ1) is 14.7. The molecular weight excluding hydrogens is 298 g/mol. The van der Waals surface area contributed by atoms with Crippen molar-refractivity contribution in [2.75, 3.05) is 0 Å². The second-order valence-electron chi connectivity index (χ2n) is 5.31. The Morgan fingerprint density at radius 3 is 2.45 bits per heavy atom. The van der Waals surface area contributed by atoms with Crippen molar-refractivity contribution in [1.29, 1.82) is 0 Å². The number of carbonyl (C=O) groups is 1. The smallest absolute Gasteiger partial charge is 0.335 e. The molecule has 0 radical (unpaired) electrons. The van der Waals surface area contributed by atoms with Crippen LogP contribution < -0.4 is 0 Å². The molecule has 0 saturated heterocycles. The molecule has 0 aliphatic heterocycles. The van der Waals surface area contributed by atoms with Crippen LogP contribution in [-0.4, -0.2) is 15.6 Å². The Bertz CT molecular complexity index is 863. The summed E-state index contributed by atoms with van der Waals surface area (Å²) in [6.45, 7) is 4.73. The van der Waals surface area contributed by atoms with E-state index in [1.807, 2.05) is 43.3 Å². The molecule has 22 heavy (non-hydrogen) atoms. The van der Waals surface area contributed by atoms with Crippen molar-refractivity contribution in [2.24, 2.45) is 0 Å². The molecule has 0 saturated carbocycles. The van der Waals surface area contributed by atoms with Gasteiger partial charge in [0.1, 0.15) is 0 Å². The van der Waals surface area contributed by atoms with E-state index < -0.39 is 5.97 Å². The summed E-state index contributed by atoms with van der Waals surface area (Å²) >= 11 is 5.96. The molecule has 0 spiro atoms. The Kier molecular flexibility index (Phi) is 3.67. The summed E-state index contributed by atoms with van der Waals surface area (Å²) in [6.07, 6.45) is 0. The molecular formula is C18H16ClNO2. The summed E-state index contributed by atoms with van der Waals surface area (Å²) < 4.78 is 2.19. The molecule has 0 bridgehead atoms. The highest BCUT2D eigenvalue weighted by atomic mass is 35.5. The van der Waals surface area contributed by atoms with Crippen LogP contribution in [0.1, 0.15) is 22.8 Å². The van der Waals surface area contributed by atoms with Crippen molar-refractivity contribution in [3.63, 3.8) is 0 Å². The van der Waals surface area contributed by atoms with E-state index in [2.05, 4.69) is 11.5 Å². The van der Waals surface area contributed by atoms with Crippen LogP contribution in [0.25, 0.3) is 22.2 Å². The third kappa shape index (κ3) is 2.38. The number of fused-ring (bicyclic) bond motifs is 1. The number of rotatable bonds is 3. The van der Waals surface area contributed by atoms with E-state index in [0.717, 1.165) is 34.3 Å². The number of hydrogen-bond acceptors (Lipinski definition) is 1. The fourth-order valence-corrected chi connectivity index (χ4v) is 2.97. The predicted octanol–water partition coefficient (Wildman–Crippen LogP) is 4.99. The molecule has 0 aliphatic rings. The number of nitrogens with zero attached hydrogens (tertiary/aromatic N) is 1. The molecule has 1 aromatic heterocycles. The van der Waals surface area contributed by atoms with Crippen LogP contribution >= 0.6 is 11.6 Å². The van der Waals surface area contributed by atoms with Crippen LogP contribution in [0.5, 0.6) is 0 Å². The molecule has 1 N–H and O–H groups in total. The molecule has 3 rings (SSSR count). The van der Waals surface area contributed by atoms with Crippen molar-refractivity contribution in [2.45, 2.75) is 20.4 Å². The van der Waals surface area contributed by atoms with Gasteiger partial charge < -0.3 is 9.67 Å². The van der Waals surface area contributed by atoms with Gasteiger partial charge in [-0.1, -0.05) is 23.7 Å². The highest BCUT2D eigenvalue weighted by molar-refractivity contribution is 6.30. The number of hydrogen-bond donors (Lipinski definition) is 1. The van der Waals surface area contributed by atoms with Gasteiger partial charge in [-0.05, 0) is 55.3 Å². The van der Waals surface area contributed by atoms with Crippen LogP contribution in [0.4, 0.5) is 0 Å². The molecule has 2 aromatic carbocycles. The average Bonchev–Trinajstić information content (AvgIpc) is 2.84. The fourth-order valence-electron chi connectivity index (χ4n) is 2.84. The molecule has 0 unspecified atom stereocenters. The zero-order chi connectivity index (χ0) is 15.9. The minimum Gasteiger partial charge on any atom is -0.478 e. The summed E-state index contributed by atoms with van der Waals surface area (Å²) in [5.41, 5.74) is 4.31. The van der Waals surface area contributed by atoms with E-state index in [0.29, 0.717) is 10.6 Å². The predicted molar refractivity (Wildman–Crippen MR) is 89.8 cm³/mol. The highest BCUT2D eigenvalue weighted by Gasteiger charge is 2.14. The molecule has 0 aliphatic carbocycles. The summed E-state index contributed by atoms with van der Waals surface area (Å²) in [5.74, 6) is -0.892. The second-order valence-corrected chi connectivity index (χ2v) is 5.75. The van der Waals surface area contributed by atoms with Gasteiger partial charge in [0.05, 0.1) is 5.56 Å². The van der Waals surface area contributed by atoms with Gasteiger partial charge in [0.25, 0.3) is 0 Å². The maximum atomic E-state index is 11.3. The zero-order valence-corrected chi connectivity index (χ0v) is 13.2. The first-order valence-corrected chi connectivity index (χ1v) is 7.52. The summed E-state index contributed by atoms with van der Waals surface area (Å²) in [6, 6.07) is 13.4. The number of benzene rings is 2. The third-order valence-corrected chi connectivity index (χ3v) is 4.19. The van der Waals surface area contributed by atoms with E-state index in [9.17, 15) is 9.90 Å². The monoisotopic (exact) mass is 313 g/mol. The van der Waals surface area contributed by atoms with Gasteiger partial charge in [0, 0.05) is 28.2 Å². The molecule has 3 aromatic rings. The molecule has 112 valence electrons. The van der Waals surface area contributed by atoms with E-state index in [4.69, 9.17) is 11.6 Å². The lowest BCUT2D eigenvalue weighted by atomic mass is 10.1. The lowest BCUT2D eigenvalue weighted by molar-refractivity contribution is 0.0696. The Balaban J connectivity index is 2.27. The number of aromatic carboxylic acids is 1. The molecule has 0 fully saturated rings.